The van der Waals surface area contributed by atoms with Crippen LogP contribution in [-0.4, -0.2) is 37.5 Å². The number of aliphatic imine (C=N–C) groups is 1. The first-order valence-electron chi connectivity index (χ1n) is 8.77. The van der Waals surface area contributed by atoms with Crippen LogP contribution in [0, 0.1) is 11.3 Å². The van der Waals surface area contributed by atoms with E-state index < -0.39 is 0 Å². The van der Waals surface area contributed by atoms with Gasteiger partial charge in [0.15, 0.2) is 5.96 Å². The summed E-state index contributed by atoms with van der Waals surface area (Å²) in [6, 6.07) is 0. The Balaban J connectivity index is 1.37. The summed E-state index contributed by atoms with van der Waals surface area (Å²) >= 11 is 0. The first-order chi connectivity index (χ1) is 9.81. The molecule has 1 saturated heterocycles. The largest absolute Gasteiger partial charge is 0.356 e. The van der Waals surface area contributed by atoms with Gasteiger partial charge in [0, 0.05) is 26.7 Å². The Kier molecular flexibility index (Phi) is 4.52. The topological polar surface area (TPSA) is 27.6 Å². The van der Waals surface area contributed by atoms with Crippen molar-refractivity contribution in [1.82, 2.24) is 10.2 Å². The van der Waals surface area contributed by atoms with Crippen LogP contribution in [0.5, 0.6) is 0 Å². The second-order valence-corrected chi connectivity index (χ2v) is 7.29. The van der Waals surface area contributed by atoms with Crippen molar-refractivity contribution in [2.45, 2.75) is 64.2 Å². The smallest absolute Gasteiger partial charge is 0.193 e. The van der Waals surface area contributed by atoms with Gasteiger partial charge < -0.3 is 10.2 Å². The second kappa shape index (κ2) is 6.36. The Morgan fingerprint density at radius 2 is 2.00 bits per heavy atom. The van der Waals surface area contributed by atoms with Crippen molar-refractivity contribution in [2.75, 3.05) is 26.7 Å². The van der Waals surface area contributed by atoms with Crippen LogP contribution in [0.1, 0.15) is 64.2 Å². The van der Waals surface area contributed by atoms with Gasteiger partial charge in [-0.25, -0.2) is 0 Å². The summed E-state index contributed by atoms with van der Waals surface area (Å²) in [6.45, 7) is 3.56. The zero-order chi connectivity index (χ0) is 13.8. The number of hydrogen-bond acceptors (Lipinski definition) is 1. The number of likely N-dealkylation sites (tertiary alicyclic amines) is 1. The molecule has 0 radical (unpaired) electrons. The van der Waals surface area contributed by atoms with E-state index in [9.17, 15) is 0 Å². The number of rotatable bonds is 4. The van der Waals surface area contributed by atoms with Crippen LogP contribution in [0.2, 0.25) is 0 Å². The van der Waals surface area contributed by atoms with E-state index in [1.807, 2.05) is 7.05 Å². The molecule has 0 amide bonds. The SMILES string of the molecule is CN=C(NCCCC1CCCC1)N1CCC2(CCC2)C1. The van der Waals surface area contributed by atoms with Crippen LogP contribution in [-0.2, 0) is 0 Å². The molecule has 2 aliphatic carbocycles. The average Bonchev–Trinajstić information content (AvgIpc) is 3.07. The third-order valence-corrected chi connectivity index (χ3v) is 5.91. The Labute approximate surface area is 124 Å². The Bertz CT molecular complexity index is 340. The van der Waals surface area contributed by atoms with E-state index in [0.29, 0.717) is 5.41 Å². The quantitative estimate of drug-likeness (QED) is 0.484. The maximum atomic E-state index is 4.49. The summed E-state index contributed by atoms with van der Waals surface area (Å²) in [7, 11) is 1.94. The van der Waals surface area contributed by atoms with Gasteiger partial charge in [-0.3, -0.25) is 4.99 Å². The van der Waals surface area contributed by atoms with Gasteiger partial charge in [0.2, 0.25) is 0 Å². The fraction of sp³-hybridized carbons (Fsp3) is 0.941. The molecule has 114 valence electrons. The lowest BCUT2D eigenvalue weighted by molar-refractivity contribution is 0.151. The maximum Gasteiger partial charge on any atom is 0.193 e. The summed E-state index contributed by atoms with van der Waals surface area (Å²) in [5.74, 6) is 2.17. The van der Waals surface area contributed by atoms with Gasteiger partial charge in [-0.05, 0) is 43.4 Å². The molecule has 1 spiro atoms. The molecule has 3 rings (SSSR count). The molecule has 3 nitrogen and oxygen atoms in total. The van der Waals surface area contributed by atoms with Crippen molar-refractivity contribution in [3.05, 3.63) is 0 Å². The molecule has 1 heterocycles. The highest BCUT2D eigenvalue weighted by Crippen LogP contribution is 2.47. The Morgan fingerprint density at radius 3 is 2.60 bits per heavy atom. The summed E-state index contributed by atoms with van der Waals surface area (Å²) < 4.78 is 0. The van der Waals surface area contributed by atoms with E-state index in [-0.39, 0.29) is 0 Å². The van der Waals surface area contributed by atoms with Crippen LogP contribution >= 0.6 is 0 Å². The molecular formula is C17H31N3. The third kappa shape index (κ3) is 3.12. The molecule has 0 aromatic carbocycles. The predicted octanol–water partition coefficient (Wildman–Crippen LogP) is 3.41. The predicted molar refractivity (Wildman–Crippen MR) is 85.0 cm³/mol. The molecule has 1 N–H and O–H groups in total. The fourth-order valence-electron chi connectivity index (χ4n) is 4.42. The van der Waals surface area contributed by atoms with Crippen LogP contribution in [0.4, 0.5) is 0 Å². The second-order valence-electron chi connectivity index (χ2n) is 7.29. The lowest BCUT2D eigenvalue weighted by Crippen LogP contribution is -2.42. The van der Waals surface area contributed by atoms with Gasteiger partial charge >= 0.3 is 0 Å². The van der Waals surface area contributed by atoms with E-state index in [4.69, 9.17) is 0 Å². The van der Waals surface area contributed by atoms with Gasteiger partial charge in [0.25, 0.3) is 0 Å². The Morgan fingerprint density at radius 1 is 1.20 bits per heavy atom. The molecule has 0 atom stereocenters. The van der Waals surface area contributed by atoms with E-state index in [0.717, 1.165) is 18.4 Å². The molecule has 0 aromatic heterocycles. The van der Waals surface area contributed by atoms with Crippen LogP contribution in [0.3, 0.4) is 0 Å². The summed E-state index contributed by atoms with van der Waals surface area (Å²) in [6.07, 6.45) is 14.3. The monoisotopic (exact) mass is 277 g/mol. The minimum atomic E-state index is 0.668. The highest BCUT2D eigenvalue weighted by atomic mass is 15.3. The standard InChI is InChI=1S/C17H31N3/c1-18-16(19-12-4-8-15-6-2-3-7-15)20-13-11-17(14-20)9-5-10-17/h15H,2-14H2,1H3,(H,18,19). The first-order valence-corrected chi connectivity index (χ1v) is 8.77. The van der Waals surface area contributed by atoms with Crippen molar-refractivity contribution in [3.63, 3.8) is 0 Å². The van der Waals surface area contributed by atoms with Crippen molar-refractivity contribution in [2.24, 2.45) is 16.3 Å². The lowest BCUT2D eigenvalue weighted by atomic mass is 9.68. The van der Waals surface area contributed by atoms with Crippen LogP contribution in [0.15, 0.2) is 4.99 Å². The van der Waals surface area contributed by atoms with Crippen molar-refractivity contribution >= 4 is 5.96 Å². The number of guanidine groups is 1. The molecule has 0 bridgehead atoms. The summed E-state index contributed by atoms with van der Waals surface area (Å²) in [4.78, 5) is 6.99. The van der Waals surface area contributed by atoms with Crippen LogP contribution in [0.25, 0.3) is 0 Å². The molecule has 2 saturated carbocycles. The number of hydrogen-bond donors (Lipinski definition) is 1. The van der Waals surface area contributed by atoms with E-state index in [2.05, 4.69) is 15.2 Å². The average molecular weight is 277 g/mol. The van der Waals surface area contributed by atoms with E-state index in [1.54, 1.807) is 0 Å². The van der Waals surface area contributed by atoms with Crippen molar-refractivity contribution in [3.8, 4) is 0 Å². The minimum Gasteiger partial charge on any atom is -0.356 e. The third-order valence-electron chi connectivity index (χ3n) is 5.91. The summed E-state index contributed by atoms with van der Waals surface area (Å²) in [5, 5.41) is 3.60. The number of nitrogens with one attached hydrogen (secondary N) is 1. The molecular weight excluding hydrogens is 246 g/mol. The highest BCUT2D eigenvalue weighted by molar-refractivity contribution is 5.80. The molecule has 1 aliphatic heterocycles. The summed E-state index contributed by atoms with van der Waals surface area (Å²) in [5.41, 5.74) is 0.668. The normalized spacial score (nSPS) is 26.2. The van der Waals surface area contributed by atoms with E-state index in [1.165, 1.54) is 77.3 Å². The van der Waals surface area contributed by atoms with Gasteiger partial charge in [0.1, 0.15) is 0 Å². The molecule has 3 fully saturated rings. The molecule has 3 aliphatic rings. The van der Waals surface area contributed by atoms with Crippen LogP contribution < -0.4 is 5.32 Å². The highest BCUT2D eigenvalue weighted by Gasteiger charge is 2.43. The molecule has 0 aromatic rings. The van der Waals surface area contributed by atoms with Crippen molar-refractivity contribution in [1.29, 1.82) is 0 Å². The Hall–Kier alpha value is -0.730. The van der Waals surface area contributed by atoms with E-state index >= 15 is 0 Å². The zero-order valence-corrected chi connectivity index (χ0v) is 13.2. The maximum absolute atomic E-state index is 4.49. The lowest BCUT2D eigenvalue weighted by Gasteiger charge is -2.38. The first kappa shape index (κ1) is 14.2. The van der Waals surface area contributed by atoms with Gasteiger partial charge in [0.05, 0.1) is 0 Å². The van der Waals surface area contributed by atoms with Gasteiger partial charge in [-0.2, -0.15) is 0 Å². The van der Waals surface area contributed by atoms with Crippen molar-refractivity contribution < 1.29 is 0 Å². The minimum absolute atomic E-state index is 0.668. The number of nitrogens with zero attached hydrogens (tertiary/aromatic N) is 2. The van der Waals surface area contributed by atoms with Gasteiger partial charge in [-0.1, -0.05) is 32.1 Å². The molecule has 3 heteroatoms. The zero-order valence-electron chi connectivity index (χ0n) is 13.2. The van der Waals surface area contributed by atoms with Gasteiger partial charge in [-0.15, -0.1) is 0 Å². The molecule has 0 unspecified atom stereocenters. The fourth-order valence-corrected chi connectivity index (χ4v) is 4.42. The molecule has 20 heavy (non-hydrogen) atoms.